The monoisotopic (exact) mass is 286 g/mol. The van der Waals surface area contributed by atoms with Crippen molar-refractivity contribution in [2.24, 2.45) is 0 Å². The van der Waals surface area contributed by atoms with Crippen molar-refractivity contribution in [2.75, 3.05) is 12.3 Å². The zero-order chi connectivity index (χ0) is 14.1. The van der Waals surface area contributed by atoms with Gasteiger partial charge >= 0.3 is 0 Å². The minimum atomic E-state index is 0.375. The lowest BCUT2D eigenvalue weighted by molar-refractivity contribution is 0.192. The van der Waals surface area contributed by atoms with Crippen molar-refractivity contribution < 1.29 is 0 Å². The van der Waals surface area contributed by atoms with Gasteiger partial charge in [0, 0.05) is 29.8 Å². The van der Waals surface area contributed by atoms with E-state index >= 15 is 0 Å². The number of hydrogen-bond acceptors (Lipinski definition) is 2. The van der Waals surface area contributed by atoms with Gasteiger partial charge in [-0.3, -0.25) is 4.90 Å². The van der Waals surface area contributed by atoms with Crippen LogP contribution in [0.2, 0.25) is 5.02 Å². The normalized spacial score (nSPS) is 16.7. The van der Waals surface area contributed by atoms with Crippen LogP contribution in [0.4, 0.5) is 5.69 Å². The summed E-state index contributed by atoms with van der Waals surface area (Å²) in [6, 6.07) is 14.7. The van der Waals surface area contributed by atoms with E-state index in [9.17, 15) is 0 Å². The number of hydrogen-bond donors (Lipinski definition) is 1. The third kappa shape index (κ3) is 2.54. The Labute approximate surface area is 125 Å². The molecule has 20 heavy (non-hydrogen) atoms. The van der Waals surface area contributed by atoms with Gasteiger partial charge in [0.25, 0.3) is 0 Å². The third-order valence-corrected chi connectivity index (χ3v) is 4.49. The Bertz CT molecular complexity index is 607. The molecule has 0 aliphatic carbocycles. The highest BCUT2D eigenvalue weighted by Gasteiger charge is 2.22. The minimum Gasteiger partial charge on any atom is -0.398 e. The van der Waals surface area contributed by atoms with E-state index in [2.05, 4.69) is 30.0 Å². The fourth-order valence-electron chi connectivity index (χ4n) is 2.91. The molecule has 1 unspecified atom stereocenters. The fraction of sp³-hybridized carbons (Fsp3) is 0.294. The maximum absolute atomic E-state index is 6.12. The maximum Gasteiger partial charge on any atom is 0.0406 e. The van der Waals surface area contributed by atoms with Crippen molar-refractivity contribution in [3.05, 3.63) is 64.2 Å². The highest BCUT2D eigenvalue weighted by atomic mass is 35.5. The van der Waals surface area contributed by atoms with Crippen LogP contribution in [0.1, 0.15) is 29.7 Å². The summed E-state index contributed by atoms with van der Waals surface area (Å²) < 4.78 is 0. The molecule has 0 saturated heterocycles. The smallest absolute Gasteiger partial charge is 0.0406 e. The molecule has 3 heteroatoms. The molecule has 0 spiro atoms. The lowest BCUT2D eigenvalue weighted by Crippen LogP contribution is -2.33. The summed E-state index contributed by atoms with van der Waals surface area (Å²) in [7, 11) is 0. The van der Waals surface area contributed by atoms with Gasteiger partial charge in [-0.25, -0.2) is 0 Å². The molecule has 1 aliphatic heterocycles. The largest absolute Gasteiger partial charge is 0.398 e. The van der Waals surface area contributed by atoms with E-state index in [-0.39, 0.29) is 0 Å². The Balaban J connectivity index is 1.83. The Hall–Kier alpha value is -1.51. The number of anilines is 1. The number of nitrogen functional groups attached to an aromatic ring is 1. The number of nitrogens with zero attached hydrogens (tertiary/aromatic N) is 1. The second kappa shape index (κ2) is 5.47. The van der Waals surface area contributed by atoms with Gasteiger partial charge in [0.2, 0.25) is 0 Å². The van der Waals surface area contributed by atoms with E-state index in [1.165, 1.54) is 16.7 Å². The predicted molar refractivity (Wildman–Crippen MR) is 84.8 cm³/mol. The molecule has 2 aromatic carbocycles. The molecule has 2 N–H and O–H groups in total. The highest BCUT2D eigenvalue weighted by Crippen LogP contribution is 2.30. The standard InChI is InChI=1S/C17H19ClN2/c1-12(13-5-7-15(18)8-6-13)20-10-9-14-3-2-4-17(19)16(14)11-20/h2-8,12H,9-11,19H2,1H3. The number of halogens is 1. The first-order valence-corrected chi connectivity index (χ1v) is 7.38. The second-order valence-electron chi connectivity index (χ2n) is 5.43. The van der Waals surface area contributed by atoms with Crippen LogP contribution in [-0.4, -0.2) is 11.4 Å². The molecule has 3 rings (SSSR count). The summed E-state index contributed by atoms with van der Waals surface area (Å²) in [6.45, 7) is 4.24. The molecule has 0 amide bonds. The molecule has 2 aromatic rings. The maximum atomic E-state index is 6.12. The molecule has 0 radical (unpaired) electrons. The molecule has 1 atom stereocenters. The molecule has 1 heterocycles. The number of rotatable bonds is 2. The summed E-state index contributed by atoms with van der Waals surface area (Å²) in [5.74, 6) is 0. The van der Waals surface area contributed by atoms with Gasteiger partial charge in [-0.15, -0.1) is 0 Å². The molecular weight excluding hydrogens is 268 g/mol. The number of fused-ring (bicyclic) bond motifs is 1. The lowest BCUT2D eigenvalue weighted by Gasteiger charge is -2.34. The van der Waals surface area contributed by atoms with Crippen LogP contribution in [0, 0.1) is 0 Å². The van der Waals surface area contributed by atoms with E-state index < -0.39 is 0 Å². The van der Waals surface area contributed by atoms with Gasteiger partial charge in [0.15, 0.2) is 0 Å². The van der Waals surface area contributed by atoms with E-state index in [0.717, 1.165) is 30.2 Å². The zero-order valence-electron chi connectivity index (χ0n) is 11.6. The van der Waals surface area contributed by atoms with Crippen LogP contribution in [0.5, 0.6) is 0 Å². The van der Waals surface area contributed by atoms with Crippen LogP contribution in [-0.2, 0) is 13.0 Å². The summed E-state index contributed by atoms with van der Waals surface area (Å²) in [6.07, 6.45) is 1.07. The first-order chi connectivity index (χ1) is 9.65. The quantitative estimate of drug-likeness (QED) is 0.844. The van der Waals surface area contributed by atoms with Crippen LogP contribution in [0.3, 0.4) is 0 Å². The summed E-state index contributed by atoms with van der Waals surface area (Å²) in [4.78, 5) is 2.47. The van der Waals surface area contributed by atoms with E-state index in [4.69, 9.17) is 17.3 Å². The molecule has 104 valence electrons. The summed E-state index contributed by atoms with van der Waals surface area (Å²) in [5, 5.41) is 0.786. The van der Waals surface area contributed by atoms with Crippen molar-refractivity contribution in [1.29, 1.82) is 0 Å². The first kappa shape index (κ1) is 13.5. The van der Waals surface area contributed by atoms with Crippen LogP contribution >= 0.6 is 11.6 Å². The topological polar surface area (TPSA) is 29.3 Å². The minimum absolute atomic E-state index is 0.375. The van der Waals surface area contributed by atoms with E-state index in [1.54, 1.807) is 0 Å². The van der Waals surface area contributed by atoms with Gasteiger partial charge in [0.1, 0.15) is 0 Å². The van der Waals surface area contributed by atoms with Crippen molar-refractivity contribution in [3.8, 4) is 0 Å². The molecule has 2 nitrogen and oxygen atoms in total. The zero-order valence-corrected chi connectivity index (χ0v) is 12.4. The highest BCUT2D eigenvalue weighted by molar-refractivity contribution is 6.30. The molecule has 0 saturated carbocycles. The van der Waals surface area contributed by atoms with E-state index in [1.807, 2.05) is 24.3 Å². The lowest BCUT2D eigenvalue weighted by atomic mass is 9.96. The van der Waals surface area contributed by atoms with Gasteiger partial charge in [-0.1, -0.05) is 35.9 Å². The Morgan fingerprint density at radius 1 is 1.15 bits per heavy atom. The molecular formula is C17H19ClN2. The van der Waals surface area contributed by atoms with Crippen molar-refractivity contribution in [2.45, 2.75) is 25.9 Å². The van der Waals surface area contributed by atoms with Crippen molar-refractivity contribution >= 4 is 17.3 Å². The Morgan fingerprint density at radius 3 is 2.65 bits per heavy atom. The molecule has 0 bridgehead atoms. The first-order valence-electron chi connectivity index (χ1n) is 7.01. The van der Waals surface area contributed by atoms with Gasteiger partial charge in [-0.2, -0.15) is 0 Å². The summed E-state index contributed by atoms with van der Waals surface area (Å²) in [5.41, 5.74) is 11.0. The van der Waals surface area contributed by atoms with Crippen LogP contribution < -0.4 is 5.73 Å². The molecule has 0 aromatic heterocycles. The van der Waals surface area contributed by atoms with E-state index in [0.29, 0.717) is 6.04 Å². The van der Waals surface area contributed by atoms with Crippen LogP contribution in [0.25, 0.3) is 0 Å². The van der Waals surface area contributed by atoms with Crippen LogP contribution in [0.15, 0.2) is 42.5 Å². The predicted octanol–water partition coefficient (Wildman–Crippen LogP) is 4.04. The fourth-order valence-corrected chi connectivity index (χ4v) is 3.04. The number of nitrogens with two attached hydrogens (primary N) is 1. The Morgan fingerprint density at radius 2 is 1.90 bits per heavy atom. The SMILES string of the molecule is CC(c1ccc(Cl)cc1)N1CCc2cccc(N)c2C1. The summed E-state index contributed by atoms with van der Waals surface area (Å²) >= 11 is 5.96. The third-order valence-electron chi connectivity index (χ3n) is 4.24. The Kier molecular flexibility index (Phi) is 3.68. The second-order valence-corrected chi connectivity index (χ2v) is 5.87. The average molecular weight is 287 g/mol. The van der Waals surface area contributed by atoms with Gasteiger partial charge in [-0.05, 0) is 48.2 Å². The molecule has 1 aliphatic rings. The van der Waals surface area contributed by atoms with Crippen molar-refractivity contribution in [1.82, 2.24) is 4.90 Å². The van der Waals surface area contributed by atoms with Gasteiger partial charge < -0.3 is 5.73 Å². The number of benzene rings is 2. The molecule has 0 fully saturated rings. The van der Waals surface area contributed by atoms with Crippen molar-refractivity contribution in [3.63, 3.8) is 0 Å². The van der Waals surface area contributed by atoms with Gasteiger partial charge in [0.05, 0.1) is 0 Å². The average Bonchev–Trinajstić information content (AvgIpc) is 2.47.